The standard InChI is InChI=1S/C8H14BrNO2/c1-6-2-5-12-7(6)8(11)10-4-3-9/h6-7H,2-5H2,1H3,(H,10,11). The molecule has 0 aromatic carbocycles. The van der Waals surface area contributed by atoms with Gasteiger partial charge in [0.2, 0.25) is 5.91 Å². The quantitative estimate of drug-likeness (QED) is 0.740. The molecule has 0 radical (unpaired) electrons. The zero-order chi connectivity index (χ0) is 8.97. The Kier molecular flexibility index (Phi) is 4.01. The van der Waals surface area contributed by atoms with Gasteiger partial charge in [0.05, 0.1) is 0 Å². The third-order valence-electron chi connectivity index (χ3n) is 2.04. The van der Waals surface area contributed by atoms with E-state index >= 15 is 0 Å². The fraction of sp³-hybridized carbons (Fsp3) is 0.875. The maximum absolute atomic E-state index is 11.4. The average Bonchev–Trinajstić information content (AvgIpc) is 2.47. The van der Waals surface area contributed by atoms with Crippen molar-refractivity contribution < 1.29 is 9.53 Å². The zero-order valence-electron chi connectivity index (χ0n) is 7.18. The normalized spacial score (nSPS) is 28.8. The van der Waals surface area contributed by atoms with Gasteiger partial charge in [-0.05, 0) is 12.3 Å². The van der Waals surface area contributed by atoms with Crippen LogP contribution in [0.2, 0.25) is 0 Å². The Morgan fingerprint density at radius 3 is 3.00 bits per heavy atom. The van der Waals surface area contributed by atoms with Crippen molar-refractivity contribution in [2.24, 2.45) is 5.92 Å². The summed E-state index contributed by atoms with van der Waals surface area (Å²) in [5.74, 6) is 0.389. The molecule has 70 valence electrons. The highest BCUT2D eigenvalue weighted by atomic mass is 79.9. The van der Waals surface area contributed by atoms with E-state index in [1.54, 1.807) is 0 Å². The molecule has 0 aromatic heterocycles. The maximum atomic E-state index is 11.4. The van der Waals surface area contributed by atoms with Gasteiger partial charge in [0.15, 0.2) is 0 Å². The van der Waals surface area contributed by atoms with Crippen LogP contribution in [0.4, 0.5) is 0 Å². The summed E-state index contributed by atoms with van der Waals surface area (Å²) in [6.45, 7) is 3.43. The van der Waals surface area contributed by atoms with Gasteiger partial charge in [-0.1, -0.05) is 22.9 Å². The van der Waals surface area contributed by atoms with Gasteiger partial charge < -0.3 is 10.1 Å². The molecule has 1 N–H and O–H groups in total. The number of rotatable bonds is 3. The summed E-state index contributed by atoms with van der Waals surface area (Å²) >= 11 is 3.25. The summed E-state index contributed by atoms with van der Waals surface area (Å²) in [6, 6.07) is 0. The van der Waals surface area contributed by atoms with E-state index in [1.807, 2.05) is 6.92 Å². The molecule has 1 heterocycles. The molecule has 2 unspecified atom stereocenters. The minimum absolute atomic E-state index is 0.0273. The van der Waals surface area contributed by atoms with E-state index in [0.717, 1.165) is 11.8 Å². The molecule has 0 aliphatic carbocycles. The van der Waals surface area contributed by atoms with E-state index in [4.69, 9.17) is 4.74 Å². The second-order valence-corrected chi connectivity index (χ2v) is 3.83. The summed E-state index contributed by atoms with van der Waals surface area (Å²) in [6.07, 6.45) is 0.774. The van der Waals surface area contributed by atoms with E-state index in [1.165, 1.54) is 0 Å². The van der Waals surface area contributed by atoms with Crippen LogP contribution in [0.25, 0.3) is 0 Å². The Balaban J connectivity index is 2.30. The Labute approximate surface area is 81.0 Å². The number of carbonyl (C=O) groups excluding carboxylic acids is 1. The Bertz CT molecular complexity index is 163. The number of halogens is 1. The van der Waals surface area contributed by atoms with Crippen molar-refractivity contribution in [3.05, 3.63) is 0 Å². The van der Waals surface area contributed by atoms with Crippen LogP contribution in [0.3, 0.4) is 0 Å². The smallest absolute Gasteiger partial charge is 0.249 e. The summed E-state index contributed by atoms with van der Waals surface area (Å²) in [4.78, 5) is 11.4. The van der Waals surface area contributed by atoms with Crippen LogP contribution in [0.15, 0.2) is 0 Å². The molecule has 2 atom stereocenters. The second-order valence-electron chi connectivity index (χ2n) is 3.04. The van der Waals surface area contributed by atoms with Crippen molar-refractivity contribution in [3.63, 3.8) is 0 Å². The topological polar surface area (TPSA) is 38.3 Å². The number of amides is 1. The lowest BCUT2D eigenvalue weighted by atomic mass is 10.0. The first-order chi connectivity index (χ1) is 5.75. The zero-order valence-corrected chi connectivity index (χ0v) is 8.76. The van der Waals surface area contributed by atoms with E-state index in [2.05, 4.69) is 21.2 Å². The minimum Gasteiger partial charge on any atom is -0.368 e. The van der Waals surface area contributed by atoms with E-state index in [-0.39, 0.29) is 12.0 Å². The Morgan fingerprint density at radius 1 is 1.75 bits per heavy atom. The van der Waals surface area contributed by atoms with Gasteiger partial charge in [-0.3, -0.25) is 4.79 Å². The van der Waals surface area contributed by atoms with E-state index < -0.39 is 0 Å². The number of ether oxygens (including phenoxy) is 1. The van der Waals surface area contributed by atoms with Crippen LogP contribution in [0, 0.1) is 5.92 Å². The highest BCUT2D eigenvalue weighted by Gasteiger charge is 2.30. The molecule has 12 heavy (non-hydrogen) atoms. The number of hydrogen-bond donors (Lipinski definition) is 1. The molecule has 0 saturated carbocycles. The lowest BCUT2D eigenvalue weighted by Crippen LogP contribution is -2.38. The SMILES string of the molecule is CC1CCOC1C(=O)NCCBr. The van der Waals surface area contributed by atoms with E-state index in [0.29, 0.717) is 19.1 Å². The molecule has 1 amide bonds. The average molecular weight is 236 g/mol. The molecule has 1 aliphatic heterocycles. The lowest BCUT2D eigenvalue weighted by Gasteiger charge is -2.13. The monoisotopic (exact) mass is 235 g/mol. The number of hydrogen-bond acceptors (Lipinski definition) is 2. The fourth-order valence-electron chi connectivity index (χ4n) is 1.30. The fourth-order valence-corrected chi connectivity index (χ4v) is 1.50. The molecule has 3 nitrogen and oxygen atoms in total. The van der Waals surface area contributed by atoms with Crippen LogP contribution < -0.4 is 5.32 Å². The van der Waals surface area contributed by atoms with Crippen molar-refractivity contribution in [2.75, 3.05) is 18.5 Å². The highest BCUT2D eigenvalue weighted by Crippen LogP contribution is 2.19. The van der Waals surface area contributed by atoms with Crippen molar-refractivity contribution in [3.8, 4) is 0 Å². The Hall–Kier alpha value is -0.0900. The maximum Gasteiger partial charge on any atom is 0.249 e. The van der Waals surface area contributed by atoms with Crippen LogP contribution >= 0.6 is 15.9 Å². The summed E-state index contributed by atoms with van der Waals surface area (Å²) in [5, 5.41) is 3.59. The van der Waals surface area contributed by atoms with Gasteiger partial charge in [0.25, 0.3) is 0 Å². The van der Waals surface area contributed by atoms with Gasteiger partial charge in [0.1, 0.15) is 6.10 Å². The van der Waals surface area contributed by atoms with Crippen LogP contribution in [0.5, 0.6) is 0 Å². The second kappa shape index (κ2) is 4.82. The van der Waals surface area contributed by atoms with Crippen LogP contribution in [0.1, 0.15) is 13.3 Å². The van der Waals surface area contributed by atoms with Gasteiger partial charge in [0, 0.05) is 18.5 Å². The largest absolute Gasteiger partial charge is 0.368 e. The van der Waals surface area contributed by atoms with Gasteiger partial charge >= 0.3 is 0 Å². The molecule has 1 rings (SSSR count). The summed E-state index contributed by atoms with van der Waals surface area (Å²) in [7, 11) is 0. The van der Waals surface area contributed by atoms with Crippen molar-refractivity contribution in [2.45, 2.75) is 19.4 Å². The van der Waals surface area contributed by atoms with Gasteiger partial charge in [-0.25, -0.2) is 0 Å². The van der Waals surface area contributed by atoms with Gasteiger partial charge in [-0.15, -0.1) is 0 Å². The lowest BCUT2D eigenvalue weighted by molar-refractivity contribution is -0.131. The van der Waals surface area contributed by atoms with Crippen molar-refractivity contribution >= 4 is 21.8 Å². The third-order valence-corrected chi connectivity index (χ3v) is 2.44. The number of alkyl halides is 1. The molecule has 4 heteroatoms. The first-order valence-corrected chi connectivity index (χ1v) is 5.33. The molecular weight excluding hydrogens is 222 g/mol. The van der Waals surface area contributed by atoms with Gasteiger partial charge in [-0.2, -0.15) is 0 Å². The Morgan fingerprint density at radius 2 is 2.50 bits per heavy atom. The third kappa shape index (κ3) is 2.45. The molecule has 0 aromatic rings. The van der Waals surface area contributed by atoms with Crippen LogP contribution in [-0.2, 0) is 9.53 Å². The predicted octanol–water partition coefficient (Wildman–Crippen LogP) is 0.923. The first-order valence-electron chi connectivity index (χ1n) is 4.21. The first kappa shape index (κ1) is 9.99. The summed E-state index contributed by atoms with van der Waals surface area (Å²) in [5.41, 5.74) is 0. The number of nitrogens with one attached hydrogen (secondary N) is 1. The van der Waals surface area contributed by atoms with E-state index in [9.17, 15) is 4.79 Å². The van der Waals surface area contributed by atoms with Crippen LogP contribution in [-0.4, -0.2) is 30.5 Å². The van der Waals surface area contributed by atoms with Crippen molar-refractivity contribution in [1.82, 2.24) is 5.32 Å². The number of carbonyl (C=O) groups is 1. The predicted molar refractivity (Wildman–Crippen MR) is 50.3 cm³/mol. The minimum atomic E-state index is -0.218. The molecule has 0 bridgehead atoms. The molecule has 1 saturated heterocycles. The molecular formula is C8H14BrNO2. The molecule has 1 aliphatic rings. The molecule has 1 fully saturated rings. The highest BCUT2D eigenvalue weighted by molar-refractivity contribution is 9.09. The summed E-state index contributed by atoms with van der Waals surface area (Å²) < 4.78 is 5.30. The molecule has 0 spiro atoms. The van der Waals surface area contributed by atoms with Crippen molar-refractivity contribution in [1.29, 1.82) is 0 Å².